The molecule has 0 saturated carbocycles. The molecule has 92 valence electrons. The Labute approximate surface area is 96.7 Å². The van der Waals surface area contributed by atoms with Gasteiger partial charge in [0.2, 0.25) is 5.91 Å². The molecule has 0 radical (unpaired) electrons. The Kier molecular flexibility index (Phi) is 6.08. The first-order valence-corrected chi connectivity index (χ1v) is 6.99. The van der Waals surface area contributed by atoms with Gasteiger partial charge in [-0.3, -0.25) is 4.79 Å². The Balaban J connectivity index is 4.05. The van der Waals surface area contributed by atoms with Crippen molar-refractivity contribution in [2.45, 2.75) is 31.8 Å². The van der Waals surface area contributed by atoms with Gasteiger partial charge in [-0.2, -0.15) is 0 Å². The zero-order chi connectivity index (χ0) is 12.8. The van der Waals surface area contributed by atoms with Gasteiger partial charge in [0.1, 0.15) is 9.84 Å². The van der Waals surface area contributed by atoms with Gasteiger partial charge in [-0.25, -0.2) is 8.42 Å². The van der Waals surface area contributed by atoms with Gasteiger partial charge in [0.15, 0.2) is 0 Å². The van der Waals surface area contributed by atoms with Crippen LogP contribution in [0.25, 0.3) is 0 Å². The summed E-state index contributed by atoms with van der Waals surface area (Å²) in [6.07, 6.45) is 6.73. The fourth-order valence-electron chi connectivity index (χ4n) is 1.05. The third kappa shape index (κ3) is 7.26. The zero-order valence-corrected chi connectivity index (χ0v) is 10.4. The normalized spacial score (nSPS) is 14.9. The lowest BCUT2D eigenvalue weighted by molar-refractivity contribution is -0.122. The smallest absolute Gasteiger partial charge is 0.237 e. The van der Waals surface area contributed by atoms with Gasteiger partial charge in [0.05, 0.1) is 11.8 Å². The Morgan fingerprint density at radius 2 is 2.12 bits per heavy atom. The predicted octanol–water partition coefficient (Wildman–Crippen LogP) is -0.724. The molecular formula is C10H18N2O3S. The molecule has 0 aliphatic carbocycles. The van der Waals surface area contributed by atoms with E-state index in [0.717, 1.165) is 6.26 Å². The van der Waals surface area contributed by atoms with Crippen molar-refractivity contribution in [2.75, 3.05) is 12.0 Å². The summed E-state index contributed by atoms with van der Waals surface area (Å²) in [4.78, 5) is 11.4. The molecule has 0 aromatic rings. The molecule has 3 N–H and O–H groups in total. The van der Waals surface area contributed by atoms with Crippen molar-refractivity contribution in [3.05, 3.63) is 0 Å². The van der Waals surface area contributed by atoms with E-state index in [9.17, 15) is 13.2 Å². The monoisotopic (exact) mass is 246 g/mol. The molecule has 0 spiro atoms. The molecule has 5 nitrogen and oxygen atoms in total. The van der Waals surface area contributed by atoms with Gasteiger partial charge in [-0.1, -0.05) is 0 Å². The summed E-state index contributed by atoms with van der Waals surface area (Å²) in [5, 5.41) is 2.62. The average molecular weight is 246 g/mol. The van der Waals surface area contributed by atoms with Crippen LogP contribution in [0, 0.1) is 12.3 Å². The average Bonchev–Trinajstić information content (AvgIpc) is 2.13. The zero-order valence-electron chi connectivity index (χ0n) is 9.56. The van der Waals surface area contributed by atoms with Crippen LogP contribution >= 0.6 is 0 Å². The lowest BCUT2D eigenvalue weighted by atomic mass is 10.2. The van der Waals surface area contributed by atoms with E-state index < -0.39 is 15.9 Å². The molecule has 0 heterocycles. The summed E-state index contributed by atoms with van der Waals surface area (Å²) in [7, 11) is -3.08. The van der Waals surface area contributed by atoms with Crippen LogP contribution in [-0.4, -0.2) is 38.4 Å². The second-order valence-corrected chi connectivity index (χ2v) is 6.10. The minimum Gasteiger partial charge on any atom is -0.351 e. The maximum atomic E-state index is 11.4. The number of nitrogens with one attached hydrogen (secondary N) is 1. The second kappa shape index (κ2) is 6.51. The van der Waals surface area contributed by atoms with Crippen molar-refractivity contribution >= 4 is 15.7 Å². The van der Waals surface area contributed by atoms with Gasteiger partial charge >= 0.3 is 0 Å². The van der Waals surface area contributed by atoms with Gasteiger partial charge in [-0.15, -0.1) is 12.3 Å². The quantitative estimate of drug-likeness (QED) is 0.605. The summed E-state index contributed by atoms with van der Waals surface area (Å²) in [6, 6.07) is -0.961. The van der Waals surface area contributed by atoms with E-state index in [1.807, 2.05) is 0 Å². The van der Waals surface area contributed by atoms with E-state index in [1.54, 1.807) is 6.92 Å². The molecule has 16 heavy (non-hydrogen) atoms. The summed E-state index contributed by atoms with van der Waals surface area (Å²) in [6.45, 7) is 1.76. The van der Waals surface area contributed by atoms with Crippen molar-refractivity contribution < 1.29 is 13.2 Å². The Morgan fingerprint density at radius 1 is 1.56 bits per heavy atom. The minimum atomic E-state index is -3.08. The van der Waals surface area contributed by atoms with Crippen molar-refractivity contribution in [1.29, 1.82) is 0 Å². The van der Waals surface area contributed by atoms with Crippen LogP contribution in [-0.2, 0) is 14.6 Å². The van der Waals surface area contributed by atoms with Crippen LogP contribution in [0.1, 0.15) is 19.8 Å². The van der Waals surface area contributed by atoms with Gasteiger partial charge in [-0.05, 0) is 13.3 Å². The maximum absolute atomic E-state index is 11.4. The van der Waals surface area contributed by atoms with Gasteiger partial charge in [0.25, 0.3) is 0 Å². The lowest BCUT2D eigenvalue weighted by Crippen LogP contribution is -2.45. The third-order valence-electron chi connectivity index (χ3n) is 1.95. The molecule has 0 aliphatic heterocycles. The van der Waals surface area contributed by atoms with Crippen LogP contribution in [0.15, 0.2) is 0 Å². The predicted molar refractivity (Wildman–Crippen MR) is 63.4 cm³/mol. The minimum absolute atomic E-state index is 0.0922. The lowest BCUT2D eigenvalue weighted by Gasteiger charge is -2.15. The molecule has 0 fully saturated rings. The van der Waals surface area contributed by atoms with Crippen molar-refractivity contribution in [3.63, 3.8) is 0 Å². The Morgan fingerprint density at radius 3 is 2.56 bits per heavy atom. The maximum Gasteiger partial charge on any atom is 0.237 e. The number of sulfone groups is 1. The van der Waals surface area contributed by atoms with Crippen molar-refractivity contribution in [1.82, 2.24) is 5.32 Å². The summed E-state index contributed by atoms with van der Waals surface area (Å²) < 4.78 is 21.7. The first-order chi connectivity index (χ1) is 7.26. The Bertz CT molecular complexity index is 370. The van der Waals surface area contributed by atoms with Gasteiger partial charge < -0.3 is 11.1 Å². The Hall–Kier alpha value is -1.06. The fourth-order valence-corrected chi connectivity index (χ4v) is 1.73. The number of hydrogen-bond acceptors (Lipinski definition) is 4. The van der Waals surface area contributed by atoms with Gasteiger partial charge in [0, 0.05) is 18.7 Å². The van der Waals surface area contributed by atoms with E-state index in [2.05, 4.69) is 11.2 Å². The van der Waals surface area contributed by atoms with E-state index in [4.69, 9.17) is 12.2 Å². The molecule has 6 heteroatoms. The molecule has 2 unspecified atom stereocenters. The number of terminal acetylenes is 1. The number of rotatable bonds is 6. The van der Waals surface area contributed by atoms with E-state index in [1.165, 1.54) is 0 Å². The summed E-state index contributed by atoms with van der Waals surface area (Å²) >= 11 is 0. The standard InChI is InChI=1S/C10H18N2O3S/c1-4-5-8(2)12-10(13)9(11)6-7-16(3,14)15/h1,8-9H,5-7,11H2,2-3H3,(H,12,13). The fraction of sp³-hybridized carbons (Fsp3) is 0.700. The molecule has 0 aromatic carbocycles. The SMILES string of the molecule is C#CCC(C)NC(=O)C(N)CCS(C)(=O)=O. The van der Waals surface area contributed by atoms with Crippen LogP contribution in [0.2, 0.25) is 0 Å². The second-order valence-electron chi connectivity index (χ2n) is 3.84. The number of carbonyl (C=O) groups excluding carboxylic acids is 1. The van der Waals surface area contributed by atoms with Crippen molar-refractivity contribution in [2.24, 2.45) is 5.73 Å². The molecular weight excluding hydrogens is 228 g/mol. The molecule has 0 bridgehead atoms. The summed E-state index contributed by atoms with van der Waals surface area (Å²) in [5.74, 6) is 1.96. The number of amides is 1. The topological polar surface area (TPSA) is 89.3 Å². The molecule has 1 amide bonds. The molecule has 0 saturated heterocycles. The first-order valence-electron chi connectivity index (χ1n) is 4.93. The highest BCUT2D eigenvalue weighted by Crippen LogP contribution is 1.96. The highest BCUT2D eigenvalue weighted by atomic mass is 32.2. The van der Waals surface area contributed by atoms with Crippen LogP contribution in [0.3, 0.4) is 0 Å². The van der Waals surface area contributed by atoms with Crippen LogP contribution in [0.5, 0.6) is 0 Å². The van der Waals surface area contributed by atoms with E-state index in [0.29, 0.717) is 6.42 Å². The highest BCUT2D eigenvalue weighted by Gasteiger charge is 2.17. The molecule has 0 aliphatic rings. The van der Waals surface area contributed by atoms with Crippen LogP contribution in [0.4, 0.5) is 0 Å². The third-order valence-corrected chi connectivity index (χ3v) is 2.93. The number of carbonyl (C=O) groups is 1. The largest absolute Gasteiger partial charge is 0.351 e. The number of nitrogens with two attached hydrogens (primary N) is 1. The van der Waals surface area contributed by atoms with Crippen LogP contribution < -0.4 is 11.1 Å². The highest BCUT2D eigenvalue weighted by molar-refractivity contribution is 7.90. The molecule has 2 atom stereocenters. The van der Waals surface area contributed by atoms with Crippen molar-refractivity contribution in [3.8, 4) is 12.3 Å². The number of hydrogen-bond donors (Lipinski definition) is 2. The summed E-state index contributed by atoms with van der Waals surface area (Å²) in [5.41, 5.74) is 5.54. The van der Waals surface area contributed by atoms with E-state index in [-0.39, 0.29) is 24.1 Å². The van der Waals surface area contributed by atoms with E-state index >= 15 is 0 Å². The molecule has 0 rings (SSSR count). The molecule has 0 aromatic heterocycles. The first kappa shape index (κ1) is 14.9.